The highest BCUT2D eigenvalue weighted by Crippen LogP contribution is 2.26. The Morgan fingerprint density at radius 3 is 2.48 bits per heavy atom. The molecule has 0 spiro atoms. The van der Waals surface area contributed by atoms with Gasteiger partial charge in [-0.05, 0) is 50.1 Å². The summed E-state index contributed by atoms with van der Waals surface area (Å²) < 4.78 is 27.4. The van der Waals surface area contributed by atoms with Gasteiger partial charge < -0.3 is 0 Å². The maximum absolute atomic E-state index is 12.3. The predicted molar refractivity (Wildman–Crippen MR) is 103 cm³/mol. The lowest BCUT2D eigenvalue weighted by molar-refractivity contribution is 0.133. The van der Waals surface area contributed by atoms with Crippen LogP contribution in [0.15, 0.2) is 30.3 Å². The summed E-state index contributed by atoms with van der Waals surface area (Å²) in [6.07, 6.45) is 9.13. The van der Waals surface area contributed by atoms with Crippen LogP contribution in [0.2, 0.25) is 0 Å². The van der Waals surface area contributed by atoms with Crippen molar-refractivity contribution >= 4 is 10.0 Å². The van der Waals surface area contributed by atoms with Gasteiger partial charge in [0.15, 0.2) is 0 Å². The summed E-state index contributed by atoms with van der Waals surface area (Å²) in [4.78, 5) is 2.53. The molecule has 0 bridgehead atoms. The van der Waals surface area contributed by atoms with E-state index in [2.05, 4.69) is 40.0 Å². The first-order valence-corrected chi connectivity index (χ1v) is 11.5. The second-order valence-corrected chi connectivity index (χ2v) is 9.57. The Morgan fingerprint density at radius 2 is 1.72 bits per heavy atom. The van der Waals surface area contributed by atoms with Crippen LogP contribution in [0.5, 0.6) is 0 Å². The number of nitrogens with one attached hydrogen (secondary N) is 1. The average Bonchev–Trinajstić information content (AvgIpc) is 3.09. The maximum Gasteiger partial charge on any atom is 0.211 e. The van der Waals surface area contributed by atoms with E-state index in [0.717, 1.165) is 32.4 Å². The summed E-state index contributed by atoms with van der Waals surface area (Å²) in [6, 6.07) is 11.1. The van der Waals surface area contributed by atoms with Gasteiger partial charge in [-0.1, -0.05) is 49.6 Å². The van der Waals surface area contributed by atoms with E-state index in [-0.39, 0.29) is 0 Å². The molecule has 1 saturated carbocycles. The lowest BCUT2D eigenvalue weighted by Crippen LogP contribution is -2.41. The number of hydrogen-bond donors (Lipinski definition) is 1. The zero-order chi connectivity index (χ0) is 17.5. The molecule has 2 aliphatic rings. The topological polar surface area (TPSA) is 49.4 Å². The fourth-order valence-corrected chi connectivity index (χ4v) is 5.84. The van der Waals surface area contributed by atoms with Gasteiger partial charge in [0, 0.05) is 19.1 Å². The molecule has 2 fully saturated rings. The van der Waals surface area contributed by atoms with Gasteiger partial charge in [-0.25, -0.2) is 13.1 Å². The Morgan fingerprint density at radius 1 is 1.00 bits per heavy atom. The number of sulfonamides is 1. The molecule has 1 aliphatic heterocycles. The van der Waals surface area contributed by atoms with Crippen molar-refractivity contribution in [3.63, 3.8) is 0 Å². The standard InChI is InChI=1S/C20H32N2O2S/c23-25(24,17-19-10-4-5-11-19)21-14-13-20-12-6-7-15-22(20)16-18-8-2-1-3-9-18/h1-3,8-9,19-21H,4-7,10-17H2/t20-/m1/s1. The fourth-order valence-electron chi connectivity index (χ4n) is 4.34. The van der Waals surface area contributed by atoms with E-state index in [4.69, 9.17) is 0 Å². The summed E-state index contributed by atoms with van der Waals surface area (Å²) in [5, 5.41) is 0. The van der Waals surface area contributed by atoms with Crippen LogP contribution in [-0.4, -0.2) is 38.2 Å². The van der Waals surface area contributed by atoms with Gasteiger partial charge in [-0.3, -0.25) is 4.90 Å². The molecule has 1 saturated heterocycles. The largest absolute Gasteiger partial charge is 0.296 e. The van der Waals surface area contributed by atoms with Crippen molar-refractivity contribution in [2.24, 2.45) is 5.92 Å². The van der Waals surface area contributed by atoms with Crippen molar-refractivity contribution < 1.29 is 8.42 Å². The lowest BCUT2D eigenvalue weighted by Gasteiger charge is -2.36. The minimum atomic E-state index is -3.11. The van der Waals surface area contributed by atoms with Crippen molar-refractivity contribution in [1.82, 2.24) is 9.62 Å². The molecule has 1 aromatic rings. The third kappa shape index (κ3) is 6.08. The average molecular weight is 365 g/mol. The second kappa shape index (κ2) is 9.15. The van der Waals surface area contributed by atoms with Crippen molar-refractivity contribution in [3.8, 4) is 0 Å². The molecular weight excluding hydrogens is 332 g/mol. The monoisotopic (exact) mass is 364 g/mol. The predicted octanol–water partition coefficient (Wildman–Crippen LogP) is 3.54. The van der Waals surface area contributed by atoms with Crippen LogP contribution in [0, 0.1) is 5.92 Å². The SMILES string of the molecule is O=S(=O)(CC1CCCC1)NCC[C@H]1CCCCN1Cc1ccccc1. The molecule has 0 aromatic heterocycles. The van der Waals surface area contributed by atoms with E-state index >= 15 is 0 Å². The zero-order valence-corrected chi connectivity index (χ0v) is 16.0. The van der Waals surface area contributed by atoms with E-state index in [9.17, 15) is 8.42 Å². The molecule has 5 heteroatoms. The molecule has 4 nitrogen and oxygen atoms in total. The first kappa shape index (κ1) is 18.9. The van der Waals surface area contributed by atoms with Gasteiger partial charge in [-0.15, -0.1) is 0 Å². The number of hydrogen-bond acceptors (Lipinski definition) is 3. The maximum atomic E-state index is 12.3. The molecule has 1 N–H and O–H groups in total. The molecule has 1 atom stereocenters. The van der Waals surface area contributed by atoms with Crippen molar-refractivity contribution in [3.05, 3.63) is 35.9 Å². The highest BCUT2D eigenvalue weighted by atomic mass is 32.2. The highest BCUT2D eigenvalue weighted by molar-refractivity contribution is 7.89. The summed E-state index contributed by atoms with van der Waals surface area (Å²) in [5.74, 6) is 0.701. The van der Waals surface area contributed by atoms with Gasteiger partial charge in [-0.2, -0.15) is 0 Å². The second-order valence-electron chi connectivity index (χ2n) is 7.72. The van der Waals surface area contributed by atoms with Crippen LogP contribution in [0.4, 0.5) is 0 Å². The summed E-state index contributed by atoms with van der Waals surface area (Å²) >= 11 is 0. The van der Waals surface area contributed by atoms with E-state index in [0.29, 0.717) is 24.3 Å². The molecule has 0 unspecified atom stereocenters. The van der Waals surface area contributed by atoms with Crippen molar-refractivity contribution in [2.45, 2.75) is 64.0 Å². The Labute approximate surface area is 153 Å². The van der Waals surface area contributed by atoms with Crippen LogP contribution in [0.3, 0.4) is 0 Å². The Hall–Kier alpha value is -0.910. The Bertz CT molecular complexity index is 612. The van der Waals surface area contributed by atoms with E-state index in [1.165, 1.54) is 37.7 Å². The molecule has 1 heterocycles. The molecular formula is C20H32N2O2S. The number of likely N-dealkylation sites (tertiary alicyclic amines) is 1. The minimum absolute atomic E-state index is 0.325. The van der Waals surface area contributed by atoms with Crippen LogP contribution >= 0.6 is 0 Å². The third-order valence-electron chi connectivity index (χ3n) is 5.71. The lowest BCUT2D eigenvalue weighted by atomic mass is 9.98. The summed E-state index contributed by atoms with van der Waals surface area (Å²) in [5.41, 5.74) is 1.34. The Balaban J connectivity index is 1.46. The van der Waals surface area contributed by atoms with Gasteiger partial charge in [0.05, 0.1) is 5.75 Å². The molecule has 0 amide bonds. The van der Waals surface area contributed by atoms with Gasteiger partial charge in [0.1, 0.15) is 0 Å². The number of nitrogens with zero attached hydrogens (tertiary/aromatic N) is 1. The summed E-state index contributed by atoms with van der Waals surface area (Å²) in [7, 11) is -3.11. The minimum Gasteiger partial charge on any atom is -0.296 e. The first-order valence-electron chi connectivity index (χ1n) is 9.88. The van der Waals surface area contributed by atoms with Crippen molar-refractivity contribution in [1.29, 1.82) is 0 Å². The van der Waals surface area contributed by atoms with Gasteiger partial charge in [0.2, 0.25) is 10.0 Å². The Kier molecular flexibility index (Phi) is 6.91. The van der Waals surface area contributed by atoms with Crippen LogP contribution in [0.25, 0.3) is 0 Å². The molecule has 3 rings (SSSR count). The molecule has 0 radical (unpaired) electrons. The van der Waals surface area contributed by atoms with E-state index in [1.807, 2.05) is 0 Å². The zero-order valence-electron chi connectivity index (χ0n) is 15.2. The van der Waals surface area contributed by atoms with Crippen molar-refractivity contribution in [2.75, 3.05) is 18.8 Å². The van der Waals surface area contributed by atoms with Crippen LogP contribution in [-0.2, 0) is 16.6 Å². The van der Waals surface area contributed by atoms with E-state index in [1.54, 1.807) is 0 Å². The first-order chi connectivity index (χ1) is 12.1. The molecule has 1 aliphatic carbocycles. The normalized spacial score (nSPS) is 23.1. The number of rotatable bonds is 8. The molecule has 1 aromatic carbocycles. The fraction of sp³-hybridized carbons (Fsp3) is 0.700. The number of piperidine rings is 1. The third-order valence-corrected chi connectivity index (χ3v) is 7.26. The highest BCUT2D eigenvalue weighted by Gasteiger charge is 2.25. The van der Waals surface area contributed by atoms with Crippen LogP contribution < -0.4 is 4.72 Å². The van der Waals surface area contributed by atoms with Gasteiger partial charge in [0.25, 0.3) is 0 Å². The number of benzene rings is 1. The quantitative estimate of drug-likeness (QED) is 0.767. The van der Waals surface area contributed by atoms with Gasteiger partial charge >= 0.3 is 0 Å². The summed E-state index contributed by atoms with van der Waals surface area (Å²) in [6.45, 7) is 2.67. The van der Waals surface area contributed by atoms with E-state index < -0.39 is 10.0 Å². The molecule has 140 valence electrons. The smallest absolute Gasteiger partial charge is 0.211 e. The molecule has 25 heavy (non-hydrogen) atoms. The van der Waals surface area contributed by atoms with Crippen LogP contribution in [0.1, 0.15) is 56.9 Å².